The van der Waals surface area contributed by atoms with Crippen molar-refractivity contribution in [2.24, 2.45) is 26.7 Å². The number of aromatic nitrogens is 1. The molecule has 1 aromatic heterocycles. The molecular weight excluding hydrogens is 382 g/mol. The molecule has 1 aliphatic carbocycles. The summed E-state index contributed by atoms with van der Waals surface area (Å²) in [6.45, 7) is 16.6. The second-order valence-electron chi connectivity index (χ2n) is 10.3. The van der Waals surface area contributed by atoms with Crippen LogP contribution < -0.4 is 4.67 Å². The molecule has 0 bridgehead atoms. The predicted octanol–water partition coefficient (Wildman–Crippen LogP) is 4.95. The molecule has 1 aliphatic heterocycles. The van der Waals surface area contributed by atoms with Gasteiger partial charge in [0.25, 0.3) is 5.91 Å². The summed E-state index contributed by atoms with van der Waals surface area (Å²) >= 11 is 1.61. The topological polar surface area (TPSA) is 56.0 Å². The van der Waals surface area contributed by atoms with Gasteiger partial charge in [-0.05, 0) is 63.4 Å². The molecule has 0 unspecified atom stereocenters. The van der Waals surface area contributed by atoms with E-state index in [2.05, 4.69) is 63.6 Å². The van der Waals surface area contributed by atoms with Crippen LogP contribution in [-0.2, 0) is 21.5 Å². The van der Waals surface area contributed by atoms with Crippen LogP contribution in [0.15, 0.2) is 16.2 Å². The van der Waals surface area contributed by atoms with Gasteiger partial charge in [-0.15, -0.1) is 0 Å². The molecule has 2 heterocycles. The minimum atomic E-state index is -0.509. The van der Waals surface area contributed by atoms with Crippen molar-refractivity contribution in [2.45, 2.75) is 86.1 Å². The zero-order chi connectivity index (χ0) is 21.4. The third-order valence-electron chi connectivity index (χ3n) is 7.00. The van der Waals surface area contributed by atoms with Crippen LogP contribution in [0.5, 0.6) is 0 Å². The molecule has 5 nitrogen and oxygen atoms in total. The number of rotatable bonds is 5. The Bertz CT molecular complexity index is 856. The molecule has 29 heavy (non-hydrogen) atoms. The van der Waals surface area contributed by atoms with Gasteiger partial charge < -0.3 is 4.74 Å². The number of aryl methyl sites for hydroxylation is 1. The summed E-state index contributed by atoms with van der Waals surface area (Å²) in [5, 5.41) is 0. The summed E-state index contributed by atoms with van der Waals surface area (Å²) in [5.41, 5.74) is 0.434. The number of hydrogen-bond acceptors (Lipinski definition) is 4. The molecule has 0 spiro atoms. The Balaban J connectivity index is 1.96. The maximum absolute atomic E-state index is 13.5. The fraction of sp³-hybridized carbons (Fsp3) is 0.783. The van der Waals surface area contributed by atoms with Gasteiger partial charge in [-0.3, -0.25) is 13.7 Å². The van der Waals surface area contributed by atoms with E-state index in [0.717, 1.165) is 49.2 Å². The highest BCUT2D eigenvalue weighted by molar-refractivity contribution is 7.04. The van der Waals surface area contributed by atoms with Gasteiger partial charge in [0.05, 0.1) is 12.0 Å². The quantitative estimate of drug-likeness (QED) is 0.678. The van der Waals surface area contributed by atoms with Crippen molar-refractivity contribution in [3.8, 4) is 0 Å². The lowest BCUT2D eigenvalue weighted by Gasteiger charge is -2.38. The van der Waals surface area contributed by atoms with E-state index in [0.29, 0.717) is 6.61 Å². The summed E-state index contributed by atoms with van der Waals surface area (Å²) in [4.78, 5) is 22.8. The molecule has 1 saturated carbocycles. The third kappa shape index (κ3) is 4.10. The monoisotopic (exact) mass is 419 g/mol. The number of amides is 1. The zero-order valence-electron chi connectivity index (χ0n) is 19.2. The van der Waals surface area contributed by atoms with Gasteiger partial charge >= 0.3 is 0 Å². The van der Waals surface area contributed by atoms with Crippen LogP contribution in [0, 0.1) is 16.7 Å². The van der Waals surface area contributed by atoms with E-state index < -0.39 is 5.41 Å². The summed E-state index contributed by atoms with van der Waals surface area (Å²) in [7, 11) is 0. The Morgan fingerprint density at radius 3 is 2.69 bits per heavy atom. The predicted molar refractivity (Wildman–Crippen MR) is 119 cm³/mol. The van der Waals surface area contributed by atoms with Gasteiger partial charge in [-0.2, -0.15) is 0 Å². The van der Waals surface area contributed by atoms with Crippen molar-refractivity contribution >= 4 is 23.3 Å². The first-order valence-electron chi connectivity index (χ1n) is 11.0. The summed E-state index contributed by atoms with van der Waals surface area (Å²) in [6.07, 6.45) is 7.16. The summed E-state index contributed by atoms with van der Waals surface area (Å²) < 4.78 is 8.89. The van der Waals surface area contributed by atoms with Gasteiger partial charge in [0.1, 0.15) is 11.3 Å². The molecule has 0 N–H and O–H groups in total. The van der Waals surface area contributed by atoms with Gasteiger partial charge in [0.2, 0.25) is 0 Å². The van der Waals surface area contributed by atoms with Crippen LogP contribution in [0.3, 0.4) is 0 Å². The lowest BCUT2D eigenvalue weighted by molar-refractivity contribution is -0.132. The van der Waals surface area contributed by atoms with Crippen molar-refractivity contribution in [2.75, 3.05) is 13.2 Å². The normalized spacial score (nSPS) is 27.2. The molecule has 1 amide bonds. The highest BCUT2D eigenvalue weighted by Crippen LogP contribution is 2.57. The first-order valence-corrected chi connectivity index (χ1v) is 11.8. The molecule has 1 aromatic rings. The van der Waals surface area contributed by atoms with E-state index in [4.69, 9.17) is 9.73 Å². The zero-order valence-corrected chi connectivity index (χ0v) is 20.0. The highest BCUT2D eigenvalue weighted by Gasteiger charge is 2.58. The molecule has 0 saturated heterocycles. The number of carbonyl (C=O) groups excluding carboxylic acids is 1. The number of ether oxygens (including phenoxy) is 1. The fourth-order valence-corrected chi connectivity index (χ4v) is 5.47. The molecule has 2 aliphatic rings. The van der Waals surface area contributed by atoms with Gasteiger partial charge in [-0.25, -0.2) is 4.99 Å². The maximum Gasteiger partial charge on any atom is 0.253 e. The molecule has 0 aromatic carbocycles. The number of nitrogens with zero attached hydrogens (tertiary/aromatic N) is 3. The van der Waals surface area contributed by atoms with Crippen LogP contribution in [0.4, 0.5) is 0 Å². The van der Waals surface area contributed by atoms with Crippen molar-refractivity contribution in [3.63, 3.8) is 0 Å². The smallest absolute Gasteiger partial charge is 0.253 e. The number of unbranched alkanes of at least 4 members (excludes halogenated alkanes) is 1. The molecule has 1 fully saturated rings. The van der Waals surface area contributed by atoms with E-state index in [9.17, 15) is 4.79 Å². The van der Waals surface area contributed by atoms with Gasteiger partial charge in [-0.1, -0.05) is 34.1 Å². The van der Waals surface area contributed by atoms with Crippen LogP contribution in [0.2, 0.25) is 0 Å². The minimum absolute atomic E-state index is 0.00394. The first kappa shape index (κ1) is 22.3. The Morgan fingerprint density at radius 1 is 1.38 bits per heavy atom. The third-order valence-corrected chi connectivity index (χ3v) is 8.38. The average Bonchev–Trinajstić information content (AvgIpc) is 3.33. The van der Waals surface area contributed by atoms with E-state index in [1.165, 1.54) is 5.56 Å². The Hall–Kier alpha value is -1.43. The fourth-order valence-electron chi connectivity index (χ4n) is 4.43. The Kier molecular flexibility index (Phi) is 6.15. The van der Waals surface area contributed by atoms with E-state index in [1.54, 1.807) is 11.5 Å². The van der Waals surface area contributed by atoms with Crippen LogP contribution >= 0.6 is 11.5 Å². The highest BCUT2D eigenvalue weighted by atomic mass is 32.1. The van der Waals surface area contributed by atoms with E-state index in [1.807, 2.05) is 0 Å². The van der Waals surface area contributed by atoms with Crippen molar-refractivity contribution < 1.29 is 9.53 Å². The second-order valence-corrected chi connectivity index (χ2v) is 11.2. The van der Waals surface area contributed by atoms with Crippen LogP contribution in [-0.4, -0.2) is 28.9 Å². The van der Waals surface area contributed by atoms with Gasteiger partial charge in [0.15, 0.2) is 5.90 Å². The largest absolute Gasteiger partial charge is 0.479 e. The molecule has 162 valence electrons. The van der Waals surface area contributed by atoms with Crippen molar-refractivity contribution in [3.05, 3.63) is 16.4 Å². The first-order chi connectivity index (χ1) is 13.5. The van der Waals surface area contributed by atoms with Crippen molar-refractivity contribution in [1.29, 1.82) is 0 Å². The average molecular weight is 420 g/mol. The molecule has 6 heteroatoms. The summed E-state index contributed by atoms with van der Waals surface area (Å²) in [6, 6.07) is 0. The molecular formula is C23H37N3O2S. The molecule has 2 atom stereocenters. The Labute approximate surface area is 179 Å². The number of aliphatic imine (C=N–C) groups is 1. The minimum Gasteiger partial charge on any atom is -0.479 e. The van der Waals surface area contributed by atoms with Crippen molar-refractivity contribution in [1.82, 2.24) is 3.96 Å². The molecule has 3 rings (SSSR count). The maximum atomic E-state index is 13.5. The number of hydrogen-bond donors (Lipinski definition) is 0. The molecule has 0 radical (unpaired) electrons. The Morgan fingerprint density at radius 2 is 2.10 bits per heavy atom. The van der Waals surface area contributed by atoms with Gasteiger partial charge in [0, 0.05) is 23.2 Å². The van der Waals surface area contributed by atoms with E-state index in [-0.39, 0.29) is 22.8 Å². The lowest BCUT2D eigenvalue weighted by atomic mass is 9.65. The lowest BCUT2D eigenvalue weighted by Crippen LogP contribution is -2.42. The van der Waals surface area contributed by atoms with E-state index >= 15 is 0 Å². The number of carbonyl (C=O) groups is 1. The van der Waals surface area contributed by atoms with Crippen LogP contribution in [0.1, 0.15) is 79.7 Å². The SMILES string of the molecule is CCCCc1cn(C(C)(C)C)s/c1=N\C(=O)[C@@]1(C)CC[C@@H](C2=NCCO2)C1(C)C. The second kappa shape index (κ2) is 8.01. The van der Waals surface area contributed by atoms with Crippen LogP contribution in [0.25, 0.3) is 0 Å². The summed E-state index contributed by atoms with van der Waals surface area (Å²) in [5.74, 6) is 1.04. The standard InChI is InChI=1S/C23H37N3O2S/c1-8-9-10-16-15-26(21(2,3)4)29-19(16)25-20(27)23(7)12-11-17(22(23,5)6)18-24-13-14-28-18/h15,17H,8-14H2,1-7H3/b25-19-/t17-,23+/m0/s1.